The lowest BCUT2D eigenvalue weighted by Gasteiger charge is -2.24. The Morgan fingerprint density at radius 3 is 0.907 bits per heavy atom. The van der Waals surface area contributed by atoms with Gasteiger partial charge in [0.15, 0.2) is 0 Å². The monoisotopic (exact) mass is 644 g/mol. The molecule has 1 saturated carbocycles. The maximum absolute atomic E-state index is 9.12. The lowest BCUT2D eigenvalue weighted by atomic mass is 10.0. The molecule has 1 aliphatic rings. The Morgan fingerprint density at radius 2 is 0.767 bits per heavy atom. The van der Waals surface area contributed by atoms with Crippen LogP contribution < -0.4 is 0 Å². The molecule has 10 atom stereocenters. The highest BCUT2D eigenvalue weighted by molar-refractivity contribution is 4.92. The maximum Gasteiger partial charge on any atom is 0.110 e. The van der Waals surface area contributed by atoms with E-state index in [1.54, 1.807) is 27.7 Å². The van der Waals surface area contributed by atoms with Gasteiger partial charge in [0.2, 0.25) is 0 Å². The van der Waals surface area contributed by atoms with Gasteiger partial charge in [-0.2, -0.15) is 0 Å². The summed E-state index contributed by atoms with van der Waals surface area (Å²) in [6.07, 6.45) is -9.07. The Morgan fingerprint density at radius 1 is 0.488 bits per heavy atom. The minimum absolute atomic E-state index is 0.0625. The molecule has 1 aliphatic carbocycles. The summed E-state index contributed by atoms with van der Waals surface area (Å²) in [7, 11) is 0. The normalized spacial score (nSPS) is 19.8. The van der Waals surface area contributed by atoms with E-state index in [1.165, 1.54) is 13.8 Å². The van der Waals surface area contributed by atoms with E-state index in [1.807, 2.05) is 6.92 Å². The summed E-state index contributed by atoms with van der Waals surface area (Å²) in [5.74, 6) is 0. The van der Waals surface area contributed by atoms with Crippen molar-refractivity contribution in [2.75, 3.05) is 26.4 Å². The second-order valence-corrected chi connectivity index (χ2v) is 10.4. The van der Waals surface area contributed by atoms with Crippen LogP contribution in [0.15, 0.2) is 0 Å². The molecule has 16 nitrogen and oxygen atoms in total. The van der Waals surface area contributed by atoms with Gasteiger partial charge >= 0.3 is 0 Å². The summed E-state index contributed by atoms with van der Waals surface area (Å²) in [6.45, 7) is 10.1. The predicted molar refractivity (Wildman–Crippen MR) is 158 cm³/mol. The molecule has 0 aliphatic heterocycles. The average molecular weight is 645 g/mol. The zero-order valence-electron chi connectivity index (χ0n) is 26.7. The van der Waals surface area contributed by atoms with Crippen molar-refractivity contribution in [3.8, 4) is 0 Å². The standard InChI is InChI=1S/C7H16O5.C6H14O5.C4H8O2.C4H10O.C3H8O2.C3H8O/c1-2-4(9)6(11)7(12)5(10)3-8;1-3(8)5(10)6(11)4(9)2-7;5-3-4(6)1-2-4;1-3-4(2)5;1-3(5)2-4;1-3(2)4/h4-12H,2-3H2,1H3;3-11H,2H2,1H3;5-6H,1-3H2;4-5H,3H2,1-2H3;3-5H,2H2,1H3;3-4H,1-2H3. The third-order valence-electron chi connectivity index (χ3n) is 5.15. The van der Waals surface area contributed by atoms with Crippen LogP contribution in [-0.4, -0.2) is 181 Å². The van der Waals surface area contributed by atoms with E-state index in [2.05, 4.69) is 0 Å². The molecule has 0 heterocycles. The van der Waals surface area contributed by atoms with E-state index in [4.69, 9.17) is 81.7 Å². The Balaban J connectivity index is -0.000000141. The van der Waals surface area contributed by atoms with Gasteiger partial charge in [0.25, 0.3) is 0 Å². The van der Waals surface area contributed by atoms with Crippen LogP contribution in [0.25, 0.3) is 0 Å². The zero-order chi connectivity index (χ0) is 35.5. The maximum atomic E-state index is 9.12. The minimum Gasteiger partial charge on any atom is -0.394 e. The van der Waals surface area contributed by atoms with E-state index in [9.17, 15) is 0 Å². The molecule has 0 aromatic heterocycles. The summed E-state index contributed by atoms with van der Waals surface area (Å²) in [5.41, 5.74) is -0.653. The van der Waals surface area contributed by atoms with E-state index < -0.39 is 73.8 Å². The van der Waals surface area contributed by atoms with E-state index in [0.29, 0.717) is 0 Å². The molecular formula is C27H64O16. The van der Waals surface area contributed by atoms with Gasteiger partial charge < -0.3 is 81.7 Å². The van der Waals surface area contributed by atoms with Crippen LogP contribution in [0, 0.1) is 0 Å². The van der Waals surface area contributed by atoms with E-state index >= 15 is 0 Å². The Hall–Kier alpha value is -0.640. The lowest BCUT2D eigenvalue weighted by Crippen LogP contribution is -2.45. The van der Waals surface area contributed by atoms with Gasteiger partial charge in [-0.15, -0.1) is 0 Å². The number of aliphatic hydroxyl groups excluding tert-OH is 15. The molecule has 1 fully saturated rings. The highest BCUT2D eigenvalue weighted by Gasteiger charge is 2.39. The predicted octanol–water partition coefficient (Wildman–Crippen LogP) is -4.70. The first kappa shape index (κ1) is 51.9. The van der Waals surface area contributed by atoms with Gasteiger partial charge in [-0.1, -0.05) is 13.8 Å². The van der Waals surface area contributed by atoms with Crippen LogP contribution >= 0.6 is 0 Å². The third kappa shape index (κ3) is 37.5. The smallest absolute Gasteiger partial charge is 0.110 e. The van der Waals surface area contributed by atoms with E-state index in [-0.39, 0.29) is 31.8 Å². The molecular weight excluding hydrogens is 580 g/mol. The fourth-order valence-electron chi connectivity index (χ4n) is 1.73. The molecule has 0 amide bonds. The van der Waals surface area contributed by atoms with Crippen LogP contribution in [0.4, 0.5) is 0 Å². The van der Waals surface area contributed by atoms with Crippen molar-refractivity contribution in [1.29, 1.82) is 0 Å². The first-order valence-electron chi connectivity index (χ1n) is 14.2. The molecule has 10 unspecified atom stereocenters. The first-order valence-corrected chi connectivity index (χ1v) is 14.2. The fourth-order valence-corrected chi connectivity index (χ4v) is 1.73. The van der Waals surface area contributed by atoms with Crippen molar-refractivity contribution in [3.63, 3.8) is 0 Å². The van der Waals surface area contributed by atoms with Crippen LogP contribution in [0.1, 0.15) is 74.1 Å². The van der Waals surface area contributed by atoms with E-state index in [0.717, 1.165) is 19.3 Å². The molecule has 0 saturated heterocycles. The summed E-state index contributed by atoms with van der Waals surface area (Å²) < 4.78 is 0. The highest BCUT2D eigenvalue weighted by atomic mass is 16.4. The van der Waals surface area contributed by atoms with Crippen molar-refractivity contribution in [1.82, 2.24) is 0 Å². The quantitative estimate of drug-likeness (QED) is 0.0948. The number of rotatable bonds is 12. The average Bonchev–Trinajstić information content (AvgIpc) is 3.72. The van der Waals surface area contributed by atoms with Crippen LogP contribution in [-0.2, 0) is 0 Å². The van der Waals surface area contributed by atoms with Crippen molar-refractivity contribution in [2.45, 2.75) is 147 Å². The molecule has 1 rings (SSSR count). The summed E-state index contributed by atoms with van der Waals surface area (Å²) in [5, 5.41) is 138. The number of hydrogen-bond acceptors (Lipinski definition) is 16. The van der Waals surface area contributed by atoms with Crippen LogP contribution in [0.2, 0.25) is 0 Å². The van der Waals surface area contributed by atoms with Crippen molar-refractivity contribution < 1.29 is 81.7 Å². The van der Waals surface area contributed by atoms with Gasteiger partial charge in [-0.05, 0) is 60.3 Å². The van der Waals surface area contributed by atoms with Crippen molar-refractivity contribution in [3.05, 3.63) is 0 Å². The summed E-state index contributed by atoms with van der Waals surface area (Å²) >= 11 is 0. The Bertz CT molecular complexity index is 524. The molecule has 0 aromatic carbocycles. The molecule has 0 radical (unpaired) electrons. The molecule has 0 aromatic rings. The Labute approximate surface area is 255 Å². The van der Waals surface area contributed by atoms with Gasteiger partial charge in [0.1, 0.15) is 36.6 Å². The van der Waals surface area contributed by atoms with Gasteiger partial charge in [0, 0.05) is 6.10 Å². The molecule has 268 valence electrons. The summed E-state index contributed by atoms with van der Waals surface area (Å²) in [6, 6.07) is 0. The van der Waals surface area contributed by atoms with Gasteiger partial charge in [-0.3, -0.25) is 0 Å². The molecule has 0 spiro atoms. The lowest BCUT2D eigenvalue weighted by molar-refractivity contribution is -0.115. The minimum atomic E-state index is -1.51. The molecule has 16 N–H and O–H groups in total. The van der Waals surface area contributed by atoms with Crippen LogP contribution in [0.3, 0.4) is 0 Å². The second kappa shape index (κ2) is 31.3. The first-order chi connectivity index (χ1) is 19.6. The second-order valence-electron chi connectivity index (χ2n) is 10.4. The topological polar surface area (TPSA) is 324 Å². The zero-order valence-corrected chi connectivity index (χ0v) is 26.7. The van der Waals surface area contributed by atoms with Crippen molar-refractivity contribution in [2.24, 2.45) is 0 Å². The van der Waals surface area contributed by atoms with Crippen molar-refractivity contribution >= 4 is 0 Å². The largest absolute Gasteiger partial charge is 0.394 e. The SMILES string of the molecule is CC(C)O.CC(O)C(O)C(O)C(O)CO.CC(O)CO.CCC(C)O.CCC(O)C(O)C(O)C(O)CO.OCC1(O)CC1. The fraction of sp³-hybridized carbons (Fsp3) is 1.00. The summed E-state index contributed by atoms with van der Waals surface area (Å²) in [4.78, 5) is 0. The Kier molecular flexibility index (Phi) is 37.8. The number of hydrogen-bond donors (Lipinski definition) is 16. The number of aliphatic hydroxyl groups is 16. The molecule has 16 heteroatoms. The highest BCUT2D eigenvalue weighted by Crippen LogP contribution is 2.33. The van der Waals surface area contributed by atoms with Crippen LogP contribution in [0.5, 0.6) is 0 Å². The third-order valence-corrected chi connectivity index (χ3v) is 5.15. The van der Waals surface area contributed by atoms with Gasteiger partial charge in [0.05, 0.1) is 56.4 Å². The van der Waals surface area contributed by atoms with Gasteiger partial charge in [-0.25, -0.2) is 0 Å². The molecule has 43 heavy (non-hydrogen) atoms. The molecule has 0 bridgehead atoms.